The van der Waals surface area contributed by atoms with Crippen LogP contribution in [0.3, 0.4) is 0 Å². The van der Waals surface area contributed by atoms with Crippen molar-refractivity contribution >= 4 is 50.3 Å². The summed E-state index contributed by atoms with van der Waals surface area (Å²) in [6.45, 7) is 0. The predicted octanol–water partition coefficient (Wildman–Crippen LogP) is 3.68. The third kappa shape index (κ3) is 5.00. The number of hydrogen-bond donors (Lipinski definition) is 3. The minimum atomic E-state index is -0.434. The van der Waals surface area contributed by atoms with Crippen molar-refractivity contribution in [1.29, 1.82) is 0 Å². The van der Waals surface area contributed by atoms with Gasteiger partial charge in [0, 0.05) is 16.8 Å². The highest BCUT2D eigenvalue weighted by Crippen LogP contribution is 2.28. The molecular formula is C24H19N7O2S2. The third-order valence-electron chi connectivity index (χ3n) is 4.99. The lowest BCUT2D eigenvalue weighted by molar-refractivity contribution is -0.119. The Morgan fingerprint density at radius 3 is 2.46 bits per heavy atom. The second-order valence-electron chi connectivity index (χ2n) is 7.37. The molecule has 0 aliphatic carbocycles. The summed E-state index contributed by atoms with van der Waals surface area (Å²) < 4.78 is 2.70. The number of thioether (sulfide) groups is 1. The van der Waals surface area contributed by atoms with E-state index in [4.69, 9.17) is 5.73 Å². The number of fused-ring (bicyclic) bond motifs is 1. The maximum Gasteiger partial charge on any atom is 0.269 e. The average molecular weight is 502 g/mol. The highest BCUT2D eigenvalue weighted by molar-refractivity contribution is 7.99. The molecule has 0 radical (unpaired) electrons. The minimum Gasteiger partial charge on any atom is -0.375 e. The van der Waals surface area contributed by atoms with Crippen LogP contribution >= 0.6 is 23.1 Å². The lowest BCUT2D eigenvalue weighted by atomic mass is 10.2. The number of nitrogens with one attached hydrogen (secondary N) is 2. The van der Waals surface area contributed by atoms with Crippen LogP contribution in [0.4, 0.5) is 5.13 Å². The van der Waals surface area contributed by atoms with Gasteiger partial charge in [-0.15, -0.1) is 10.2 Å². The fraction of sp³-hybridized carbons (Fsp3) is 0.0417. The smallest absolute Gasteiger partial charge is 0.269 e. The molecule has 0 saturated carbocycles. The van der Waals surface area contributed by atoms with Gasteiger partial charge in [0.2, 0.25) is 5.91 Å². The number of thiazole rings is 1. The van der Waals surface area contributed by atoms with E-state index < -0.39 is 5.91 Å². The summed E-state index contributed by atoms with van der Waals surface area (Å²) >= 11 is 2.52. The molecule has 11 heteroatoms. The normalized spacial score (nSPS) is 10.9. The second kappa shape index (κ2) is 9.95. The van der Waals surface area contributed by atoms with Crippen molar-refractivity contribution in [3.05, 3.63) is 84.4 Å². The van der Waals surface area contributed by atoms with Gasteiger partial charge >= 0.3 is 0 Å². The Morgan fingerprint density at radius 1 is 0.943 bits per heavy atom. The van der Waals surface area contributed by atoms with Crippen LogP contribution < -0.4 is 16.6 Å². The average Bonchev–Trinajstić information content (AvgIpc) is 3.49. The van der Waals surface area contributed by atoms with E-state index in [1.807, 2.05) is 65.2 Å². The molecule has 3 aromatic carbocycles. The Labute approximate surface area is 208 Å². The maximum absolute atomic E-state index is 12.5. The van der Waals surface area contributed by atoms with Crippen LogP contribution in [0.25, 0.3) is 27.3 Å². The van der Waals surface area contributed by atoms with E-state index in [-0.39, 0.29) is 11.7 Å². The molecule has 2 amide bonds. The van der Waals surface area contributed by atoms with Crippen molar-refractivity contribution in [2.75, 3.05) is 11.5 Å². The fourth-order valence-electron chi connectivity index (χ4n) is 3.40. The van der Waals surface area contributed by atoms with Gasteiger partial charge in [0.25, 0.3) is 5.91 Å². The van der Waals surface area contributed by atoms with E-state index in [1.54, 1.807) is 18.2 Å². The fourth-order valence-corrected chi connectivity index (χ4v) is 4.92. The Balaban J connectivity index is 1.26. The SMILES string of the molecule is Nc1nc2ccc(C(=O)NNC(=O)CSc3nnc(-c4ccccc4)n3-c3ccccc3)cc2s1. The lowest BCUT2D eigenvalue weighted by Crippen LogP contribution is -2.42. The van der Waals surface area contributed by atoms with Crippen LogP contribution in [0.2, 0.25) is 0 Å². The van der Waals surface area contributed by atoms with E-state index in [0.29, 0.717) is 21.7 Å². The largest absolute Gasteiger partial charge is 0.375 e. The van der Waals surface area contributed by atoms with E-state index >= 15 is 0 Å². The summed E-state index contributed by atoms with van der Waals surface area (Å²) in [4.78, 5) is 29.1. The first kappa shape index (κ1) is 22.6. The molecule has 174 valence electrons. The Kier molecular flexibility index (Phi) is 6.42. The zero-order valence-corrected chi connectivity index (χ0v) is 19.8. The van der Waals surface area contributed by atoms with Crippen LogP contribution in [0.15, 0.2) is 84.0 Å². The molecule has 0 unspecified atom stereocenters. The molecule has 0 fully saturated rings. The number of rotatable bonds is 6. The van der Waals surface area contributed by atoms with Crippen LogP contribution in [0.1, 0.15) is 10.4 Å². The molecule has 0 atom stereocenters. The highest BCUT2D eigenvalue weighted by Gasteiger charge is 2.17. The van der Waals surface area contributed by atoms with Gasteiger partial charge in [-0.3, -0.25) is 25.0 Å². The van der Waals surface area contributed by atoms with Crippen LogP contribution in [-0.4, -0.2) is 37.3 Å². The molecule has 5 aromatic rings. The third-order valence-corrected chi connectivity index (χ3v) is 6.77. The number of hydrazine groups is 1. The molecule has 2 aromatic heterocycles. The van der Waals surface area contributed by atoms with Gasteiger partial charge in [0.1, 0.15) is 0 Å². The topological polar surface area (TPSA) is 128 Å². The van der Waals surface area contributed by atoms with Gasteiger partial charge in [0.05, 0.1) is 16.0 Å². The molecule has 0 bridgehead atoms. The molecular weight excluding hydrogens is 482 g/mol. The summed E-state index contributed by atoms with van der Waals surface area (Å²) in [6.07, 6.45) is 0. The number of carbonyl (C=O) groups is 2. The Bertz CT molecular complexity index is 1500. The molecule has 35 heavy (non-hydrogen) atoms. The van der Waals surface area contributed by atoms with Gasteiger partial charge in [-0.05, 0) is 30.3 Å². The first-order chi connectivity index (χ1) is 17.1. The number of nitrogens with zero attached hydrogens (tertiary/aromatic N) is 4. The Hall–Kier alpha value is -4.22. The molecule has 0 spiro atoms. The number of benzene rings is 3. The summed E-state index contributed by atoms with van der Waals surface area (Å²) in [5, 5.41) is 9.66. The first-order valence-electron chi connectivity index (χ1n) is 10.5. The van der Waals surface area contributed by atoms with Crippen molar-refractivity contribution in [2.45, 2.75) is 5.16 Å². The second-order valence-corrected chi connectivity index (χ2v) is 9.37. The molecule has 9 nitrogen and oxygen atoms in total. The van der Waals surface area contributed by atoms with Gasteiger partial charge in [-0.25, -0.2) is 4.98 Å². The lowest BCUT2D eigenvalue weighted by Gasteiger charge is -2.11. The van der Waals surface area contributed by atoms with E-state index in [9.17, 15) is 9.59 Å². The van der Waals surface area contributed by atoms with Gasteiger partial charge in [-0.2, -0.15) is 0 Å². The summed E-state index contributed by atoms with van der Waals surface area (Å²) in [7, 11) is 0. The molecule has 0 aliphatic heterocycles. The van der Waals surface area contributed by atoms with E-state index in [1.165, 1.54) is 23.1 Å². The van der Waals surface area contributed by atoms with Crippen molar-refractivity contribution in [2.24, 2.45) is 0 Å². The minimum absolute atomic E-state index is 0.0322. The summed E-state index contributed by atoms with van der Waals surface area (Å²) in [5.74, 6) is -0.108. The predicted molar refractivity (Wildman–Crippen MR) is 137 cm³/mol. The Morgan fingerprint density at radius 2 is 1.69 bits per heavy atom. The van der Waals surface area contributed by atoms with Crippen molar-refractivity contribution in [1.82, 2.24) is 30.6 Å². The molecule has 0 aliphatic rings. The maximum atomic E-state index is 12.5. The number of nitrogen functional groups attached to an aromatic ring is 1. The number of nitrogens with two attached hydrogens (primary N) is 1. The monoisotopic (exact) mass is 501 g/mol. The number of para-hydroxylation sites is 1. The van der Waals surface area contributed by atoms with Crippen molar-refractivity contribution in [3.63, 3.8) is 0 Å². The van der Waals surface area contributed by atoms with E-state index in [0.717, 1.165) is 21.5 Å². The van der Waals surface area contributed by atoms with Gasteiger partial charge < -0.3 is 5.73 Å². The van der Waals surface area contributed by atoms with Crippen molar-refractivity contribution in [3.8, 4) is 17.1 Å². The number of aromatic nitrogens is 4. The van der Waals surface area contributed by atoms with Crippen LogP contribution in [-0.2, 0) is 4.79 Å². The number of carbonyl (C=O) groups excluding carboxylic acids is 2. The van der Waals surface area contributed by atoms with Crippen LogP contribution in [0, 0.1) is 0 Å². The standard InChI is InChI=1S/C24H19N7O2S2/c25-23-26-18-12-11-16(13-19(18)35-23)22(33)29-27-20(32)14-34-24-30-28-21(15-7-3-1-4-8-15)31(24)17-9-5-2-6-10-17/h1-13H,14H2,(H2,25,26)(H,27,32)(H,29,33). The first-order valence-corrected chi connectivity index (χ1v) is 12.3. The molecule has 0 saturated heterocycles. The zero-order chi connectivity index (χ0) is 24.2. The summed E-state index contributed by atoms with van der Waals surface area (Å²) in [5.41, 5.74) is 13.5. The number of hydrogen-bond acceptors (Lipinski definition) is 8. The molecule has 4 N–H and O–H groups in total. The van der Waals surface area contributed by atoms with Gasteiger partial charge in [-0.1, -0.05) is 71.6 Å². The molecule has 5 rings (SSSR count). The number of amides is 2. The zero-order valence-electron chi connectivity index (χ0n) is 18.2. The molecule has 2 heterocycles. The van der Waals surface area contributed by atoms with E-state index in [2.05, 4.69) is 26.0 Å². The number of anilines is 1. The quantitative estimate of drug-likeness (QED) is 0.239. The van der Waals surface area contributed by atoms with Crippen LogP contribution in [0.5, 0.6) is 0 Å². The van der Waals surface area contributed by atoms with Crippen molar-refractivity contribution < 1.29 is 9.59 Å². The highest BCUT2D eigenvalue weighted by atomic mass is 32.2. The summed E-state index contributed by atoms with van der Waals surface area (Å²) in [6, 6.07) is 24.4. The van der Waals surface area contributed by atoms with Gasteiger partial charge in [0.15, 0.2) is 16.1 Å².